The van der Waals surface area contributed by atoms with E-state index < -0.39 is 54.0 Å². The molecule has 0 spiro atoms. The third-order valence-corrected chi connectivity index (χ3v) is 13.6. The molecule has 1 amide bonds. The van der Waals surface area contributed by atoms with Crippen molar-refractivity contribution < 1.29 is 49.1 Å². The van der Waals surface area contributed by atoms with Crippen LogP contribution in [0.15, 0.2) is 47.6 Å². The molecular formula is C48H75NO10. The summed E-state index contributed by atoms with van der Waals surface area (Å²) in [6, 6.07) is -0.890. The van der Waals surface area contributed by atoms with Crippen molar-refractivity contribution in [3.05, 3.63) is 47.6 Å². The topological polar surface area (TPSA) is 171 Å². The van der Waals surface area contributed by atoms with Crippen molar-refractivity contribution in [1.29, 1.82) is 0 Å². The number of esters is 1. The van der Waals surface area contributed by atoms with Crippen molar-refractivity contribution in [1.82, 2.24) is 4.90 Å². The predicted molar refractivity (Wildman–Crippen MR) is 228 cm³/mol. The number of nitrogens with zero attached hydrogens (tertiary/aromatic N) is 1. The van der Waals surface area contributed by atoms with Gasteiger partial charge in [0.1, 0.15) is 17.9 Å². The molecule has 11 nitrogen and oxygen atoms in total. The molecule has 59 heavy (non-hydrogen) atoms. The minimum atomic E-state index is -1.78. The van der Waals surface area contributed by atoms with Crippen LogP contribution in [0.4, 0.5) is 0 Å². The number of Topliss-reactive ketones (excluding diaryl/α,β-unsaturated/α-hetero) is 2. The lowest BCUT2D eigenvalue weighted by atomic mass is 9.79. The molecule has 1 saturated carbocycles. The van der Waals surface area contributed by atoms with Crippen molar-refractivity contribution >= 4 is 23.4 Å². The quantitative estimate of drug-likeness (QED) is 0.215. The number of amides is 1. The zero-order valence-electron chi connectivity index (χ0n) is 36.9. The Hall–Kier alpha value is -2.96. The highest BCUT2D eigenvalue weighted by molar-refractivity contribution is 5.95. The van der Waals surface area contributed by atoms with Gasteiger partial charge in [-0.2, -0.15) is 0 Å². The van der Waals surface area contributed by atoms with Crippen molar-refractivity contribution in [3.63, 3.8) is 0 Å². The summed E-state index contributed by atoms with van der Waals surface area (Å²) in [4.78, 5) is 56.8. The van der Waals surface area contributed by atoms with Gasteiger partial charge in [-0.05, 0) is 101 Å². The summed E-state index contributed by atoms with van der Waals surface area (Å²) in [5.74, 6) is -4.07. The van der Waals surface area contributed by atoms with Crippen LogP contribution in [-0.2, 0) is 28.7 Å². The number of aliphatic hydroxyl groups excluding tert-OH is 3. The Labute approximate surface area is 353 Å². The van der Waals surface area contributed by atoms with E-state index in [1.165, 1.54) is 4.90 Å². The van der Waals surface area contributed by atoms with Crippen LogP contribution in [0.1, 0.15) is 145 Å². The number of aliphatic hydroxyl groups is 4. The largest absolute Gasteiger partial charge is 0.460 e. The Morgan fingerprint density at radius 2 is 1.61 bits per heavy atom. The zero-order chi connectivity index (χ0) is 43.4. The first-order valence-corrected chi connectivity index (χ1v) is 22.6. The van der Waals surface area contributed by atoms with Crippen LogP contribution < -0.4 is 0 Å². The molecule has 11 heteroatoms. The number of piperidine rings is 1. The van der Waals surface area contributed by atoms with Crippen LogP contribution in [-0.4, -0.2) is 97.7 Å². The molecule has 1 aliphatic carbocycles. The molecule has 3 aliphatic heterocycles. The average molecular weight is 826 g/mol. The number of hydrogen-bond acceptors (Lipinski definition) is 10. The van der Waals surface area contributed by atoms with Crippen molar-refractivity contribution in [3.8, 4) is 0 Å². The van der Waals surface area contributed by atoms with Gasteiger partial charge in [-0.1, -0.05) is 83.9 Å². The van der Waals surface area contributed by atoms with Crippen LogP contribution in [0.2, 0.25) is 0 Å². The van der Waals surface area contributed by atoms with Gasteiger partial charge in [0, 0.05) is 43.6 Å². The number of cyclic esters (lactones) is 1. The van der Waals surface area contributed by atoms with Crippen molar-refractivity contribution in [2.75, 3.05) is 6.54 Å². The van der Waals surface area contributed by atoms with Crippen LogP contribution in [0.5, 0.6) is 0 Å². The number of fused-ring (bicyclic) bond motifs is 3. The standard InChI is InChI=1S/C48H75NO10/c1-30-14-9-8-10-15-31(2)41(51)26-39-20-19-36(7)48(57,59-39)29-46(55)49-21-12-11-18-40(49)47(56)58-45(35(6)24-37-16-13-17-38(50)25-37)28-44(54)34(5)23-33(4)43(53)27-42(52)32(3)22-30/h8-10,14-15,23,30,32-33,35-41,43,45,50-51,53,57H,11-13,16-22,24-29H2,1-7H3/t30-,32-,33?,35-,36-,37?,38+,39?,40+,41+,43+,45+,48+/m1/s1. The fraction of sp³-hybridized carbons (Fsp3) is 0.750. The smallest absolute Gasteiger partial charge is 0.329 e. The first-order chi connectivity index (χ1) is 27.9. The molecule has 2 bridgehead atoms. The van der Waals surface area contributed by atoms with Crippen molar-refractivity contribution in [2.24, 2.45) is 35.5 Å². The number of rotatable bonds is 3. The lowest BCUT2D eigenvalue weighted by molar-refractivity contribution is -0.283. The third-order valence-electron chi connectivity index (χ3n) is 13.6. The van der Waals surface area contributed by atoms with Crippen LogP contribution in [0.25, 0.3) is 0 Å². The lowest BCUT2D eigenvalue weighted by Crippen LogP contribution is -2.54. The Kier molecular flexibility index (Phi) is 18.8. The molecule has 3 unspecified atom stereocenters. The molecule has 4 N–H and O–H groups in total. The maximum atomic E-state index is 14.2. The molecule has 2 saturated heterocycles. The second-order valence-electron chi connectivity index (χ2n) is 18.8. The monoisotopic (exact) mass is 826 g/mol. The highest BCUT2D eigenvalue weighted by Gasteiger charge is 2.46. The van der Waals surface area contributed by atoms with Gasteiger partial charge in [-0.3, -0.25) is 14.4 Å². The first kappa shape index (κ1) is 48.7. The van der Waals surface area contributed by atoms with Crippen LogP contribution >= 0.6 is 0 Å². The number of carbonyl (C=O) groups excluding carboxylic acids is 4. The van der Waals surface area contributed by atoms with Crippen molar-refractivity contribution in [2.45, 2.75) is 187 Å². The highest BCUT2D eigenvalue weighted by Crippen LogP contribution is 2.38. The van der Waals surface area contributed by atoms with E-state index in [1.54, 1.807) is 19.9 Å². The first-order valence-electron chi connectivity index (χ1n) is 22.6. The summed E-state index contributed by atoms with van der Waals surface area (Å²) in [7, 11) is 0. The predicted octanol–water partition coefficient (Wildman–Crippen LogP) is 7.10. The van der Waals surface area contributed by atoms with Gasteiger partial charge in [-0.15, -0.1) is 0 Å². The highest BCUT2D eigenvalue weighted by atomic mass is 16.6. The molecule has 4 rings (SSSR count). The molecule has 0 aromatic rings. The molecule has 0 aromatic carbocycles. The van der Waals surface area contributed by atoms with Crippen LogP contribution in [0.3, 0.4) is 0 Å². The fourth-order valence-corrected chi connectivity index (χ4v) is 9.42. The number of ketones is 2. The average Bonchev–Trinajstić information content (AvgIpc) is 3.18. The Bertz CT molecular complexity index is 1550. The summed E-state index contributed by atoms with van der Waals surface area (Å²) >= 11 is 0. The lowest BCUT2D eigenvalue weighted by Gasteiger charge is -2.44. The van der Waals surface area contributed by atoms with E-state index in [2.05, 4.69) is 0 Å². The summed E-state index contributed by atoms with van der Waals surface area (Å²) < 4.78 is 12.5. The van der Waals surface area contributed by atoms with Gasteiger partial charge in [0.05, 0.1) is 30.8 Å². The fourth-order valence-electron chi connectivity index (χ4n) is 9.42. The normalized spacial score (nSPS) is 37.9. The Morgan fingerprint density at radius 1 is 0.864 bits per heavy atom. The minimum absolute atomic E-state index is 0.0353. The van der Waals surface area contributed by atoms with E-state index in [9.17, 15) is 39.6 Å². The molecule has 332 valence electrons. The van der Waals surface area contributed by atoms with Gasteiger partial charge in [0.15, 0.2) is 11.6 Å². The van der Waals surface area contributed by atoms with Crippen LogP contribution in [0, 0.1) is 35.5 Å². The van der Waals surface area contributed by atoms with E-state index >= 15 is 0 Å². The van der Waals surface area contributed by atoms with E-state index in [1.807, 2.05) is 65.0 Å². The summed E-state index contributed by atoms with van der Waals surface area (Å²) in [6.07, 6.45) is 15.0. The van der Waals surface area contributed by atoms with Gasteiger partial charge in [0.25, 0.3) is 0 Å². The molecule has 13 atom stereocenters. The second kappa shape index (κ2) is 22.8. The molecular weight excluding hydrogens is 751 g/mol. The molecule has 0 aromatic heterocycles. The maximum absolute atomic E-state index is 14.2. The SMILES string of the molecule is CC1=CC(C)[C@@H](O)CC(=O)[C@H](C)C[C@H](C)C=CC=CC=C(C)[C@@H](O)CC2CC[C@@H](C)[C@](O)(CC(=O)N3CCCC[C@H]3C(=O)O[C@H]([C@H](C)CC3CCC[C@H](O)C3)CC1=O)O2. The van der Waals surface area contributed by atoms with Gasteiger partial charge < -0.3 is 34.8 Å². The minimum Gasteiger partial charge on any atom is -0.460 e. The number of ether oxygens (including phenoxy) is 2. The van der Waals surface area contributed by atoms with Gasteiger partial charge in [0.2, 0.25) is 5.91 Å². The third kappa shape index (κ3) is 14.6. The summed E-state index contributed by atoms with van der Waals surface area (Å²) in [5, 5.41) is 44.4. The van der Waals surface area contributed by atoms with Gasteiger partial charge in [-0.25, -0.2) is 4.79 Å². The Morgan fingerprint density at radius 3 is 2.34 bits per heavy atom. The maximum Gasteiger partial charge on any atom is 0.329 e. The molecule has 4 aliphatic rings. The molecule has 0 radical (unpaired) electrons. The summed E-state index contributed by atoms with van der Waals surface area (Å²) in [6.45, 7) is 13.3. The molecule has 3 fully saturated rings. The zero-order valence-corrected chi connectivity index (χ0v) is 36.9. The number of carbonyl (C=O) groups is 4. The van der Waals surface area contributed by atoms with Gasteiger partial charge >= 0.3 is 5.97 Å². The summed E-state index contributed by atoms with van der Waals surface area (Å²) in [5.41, 5.74) is 1.14. The molecule has 3 heterocycles. The van der Waals surface area contributed by atoms with E-state index in [0.717, 1.165) is 24.8 Å². The van der Waals surface area contributed by atoms with E-state index in [-0.39, 0.29) is 72.9 Å². The number of hydrogen-bond donors (Lipinski definition) is 4. The second-order valence-corrected chi connectivity index (χ2v) is 18.8. The van der Waals surface area contributed by atoms with E-state index in [0.29, 0.717) is 63.5 Å². The number of allylic oxidation sites excluding steroid dienone is 6. The Balaban J connectivity index is 1.62. The van der Waals surface area contributed by atoms with E-state index in [4.69, 9.17) is 9.47 Å².